The number of methoxy groups -OCH3 is 1. The van der Waals surface area contributed by atoms with Crippen LogP contribution in [0.25, 0.3) is 10.9 Å². The normalized spacial score (nSPS) is 11.2. The zero-order chi connectivity index (χ0) is 17.8. The first-order valence-corrected chi connectivity index (χ1v) is 8.38. The van der Waals surface area contributed by atoms with Crippen LogP contribution in [0.15, 0.2) is 35.0 Å². The Hall–Kier alpha value is -2.60. The number of anilines is 1. The van der Waals surface area contributed by atoms with E-state index in [0.29, 0.717) is 19.4 Å². The first-order chi connectivity index (χ1) is 12.1. The summed E-state index contributed by atoms with van der Waals surface area (Å²) in [4.78, 5) is 12.4. The number of benzene rings is 1. The number of carbonyl (C=O) groups is 1. The average Bonchev–Trinajstić information content (AvgIpc) is 3.15. The van der Waals surface area contributed by atoms with Crippen LogP contribution in [0.4, 0.5) is 5.69 Å². The summed E-state index contributed by atoms with van der Waals surface area (Å²) < 4.78 is 12.4. The van der Waals surface area contributed by atoms with Crippen molar-refractivity contribution < 1.29 is 14.1 Å². The zero-order valence-corrected chi connectivity index (χ0v) is 14.8. The third-order valence-electron chi connectivity index (χ3n) is 4.41. The van der Waals surface area contributed by atoms with Gasteiger partial charge in [-0.1, -0.05) is 11.2 Å². The molecule has 6 heteroatoms. The van der Waals surface area contributed by atoms with Crippen molar-refractivity contribution in [1.82, 2.24) is 9.72 Å². The van der Waals surface area contributed by atoms with Crippen molar-refractivity contribution in [3.8, 4) is 0 Å². The number of rotatable bonds is 7. The van der Waals surface area contributed by atoms with Crippen LogP contribution in [0.3, 0.4) is 0 Å². The SMILES string of the molecule is COCCn1ccc2c(NC(=O)CCc3c(C)noc3C)cccc21. The summed E-state index contributed by atoms with van der Waals surface area (Å²) in [6.07, 6.45) is 3.03. The number of aromatic nitrogens is 2. The van der Waals surface area contributed by atoms with Crippen LogP contribution < -0.4 is 5.32 Å². The monoisotopic (exact) mass is 341 g/mol. The quantitative estimate of drug-likeness (QED) is 0.714. The molecular formula is C19H23N3O3. The minimum atomic E-state index is -0.0165. The lowest BCUT2D eigenvalue weighted by Gasteiger charge is -2.08. The number of nitrogens with one attached hydrogen (secondary N) is 1. The van der Waals surface area contributed by atoms with E-state index in [0.717, 1.165) is 40.2 Å². The largest absolute Gasteiger partial charge is 0.383 e. The molecule has 0 aliphatic carbocycles. The smallest absolute Gasteiger partial charge is 0.224 e. The summed E-state index contributed by atoms with van der Waals surface area (Å²) >= 11 is 0. The molecule has 0 aliphatic heterocycles. The van der Waals surface area contributed by atoms with Gasteiger partial charge >= 0.3 is 0 Å². The highest BCUT2D eigenvalue weighted by atomic mass is 16.5. The number of ether oxygens (including phenoxy) is 1. The topological polar surface area (TPSA) is 69.3 Å². The standard InChI is InChI=1S/C19H23N3O3/c1-13-15(14(2)25-21-13)7-8-19(23)20-17-5-4-6-18-16(17)9-10-22(18)11-12-24-3/h4-6,9-10H,7-8,11-12H2,1-3H3,(H,20,23). The van der Waals surface area contributed by atoms with Gasteiger partial charge in [0.25, 0.3) is 0 Å². The summed E-state index contributed by atoms with van der Waals surface area (Å²) in [5.41, 5.74) is 3.78. The summed E-state index contributed by atoms with van der Waals surface area (Å²) in [6, 6.07) is 7.95. The third-order valence-corrected chi connectivity index (χ3v) is 4.41. The first-order valence-electron chi connectivity index (χ1n) is 8.38. The van der Waals surface area contributed by atoms with E-state index >= 15 is 0 Å². The number of nitrogens with zero attached hydrogens (tertiary/aromatic N) is 2. The summed E-state index contributed by atoms with van der Waals surface area (Å²) in [5, 5.41) is 7.98. The fourth-order valence-corrected chi connectivity index (χ4v) is 3.03. The van der Waals surface area contributed by atoms with Crippen LogP contribution in [-0.2, 0) is 22.5 Å². The van der Waals surface area contributed by atoms with Gasteiger partial charge in [0.2, 0.25) is 5.91 Å². The van der Waals surface area contributed by atoms with Crippen molar-refractivity contribution >= 4 is 22.5 Å². The van der Waals surface area contributed by atoms with Crippen LogP contribution in [0, 0.1) is 13.8 Å². The summed E-state index contributed by atoms with van der Waals surface area (Å²) in [7, 11) is 1.69. The molecule has 3 aromatic rings. The minimum Gasteiger partial charge on any atom is -0.383 e. The van der Waals surface area contributed by atoms with Crippen LogP contribution in [-0.4, -0.2) is 29.3 Å². The van der Waals surface area contributed by atoms with Gasteiger partial charge in [-0.15, -0.1) is 0 Å². The number of amides is 1. The lowest BCUT2D eigenvalue weighted by molar-refractivity contribution is -0.116. The molecule has 6 nitrogen and oxygen atoms in total. The number of fused-ring (bicyclic) bond motifs is 1. The van der Waals surface area contributed by atoms with Gasteiger partial charge in [0.15, 0.2) is 0 Å². The molecule has 1 aromatic carbocycles. The minimum absolute atomic E-state index is 0.0165. The van der Waals surface area contributed by atoms with Crippen molar-refractivity contribution in [1.29, 1.82) is 0 Å². The molecule has 1 amide bonds. The van der Waals surface area contributed by atoms with E-state index < -0.39 is 0 Å². The molecule has 0 bridgehead atoms. The average molecular weight is 341 g/mol. The van der Waals surface area contributed by atoms with E-state index in [1.165, 1.54) is 0 Å². The van der Waals surface area contributed by atoms with Gasteiger partial charge in [0.1, 0.15) is 5.76 Å². The Morgan fingerprint density at radius 2 is 2.16 bits per heavy atom. The maximum atomic E-state index is 12.4. The van der Waals surface area contributed by atoms with E-state index in [4.69, 9.17) is 9.26 Å². The van der Waals surface area contributed by atoms with Gasteiger partial charge in [0, 0.05) is 37.2 Å². The molecule has 25 heavy (non-hydrogen) atoms. The number of carbonyl (C=O) groups excluding carboxylic acids is 1. The Bertz CT molecular complexity index is 860. The second-order valence-corrected chi connectivity index (χ2v) is 6.09. The molecule has 1 N–H and O–H groups in total. The lowest BCUT2D eigenvalue weighted by atomic mass is 10.1. The predicted molar refractivity (Wildman–Crippen MR) is 96.7 cm³/mol. The molecule has 0 radical (unpaired) electrons. The molecule has 0 aliphatic rings. The summed E-state index contributed by atoms with van der Waals surface area (Å²) in [5.74, 6) is 0.764. The first kappa shape index (κ1) is 17.2. The van der Waals surface area contributed by atoms with Gasteiger partial charge in [0.05, 0.1) is 23.5 Å². The Kier molecular flexibility index (Phi) is 5.19. The van der Waals surface area contributed by atoms with E-state index in [2.05, 4.69) is 15.0 Å². The molecule has 0 unspecified atom stereocenters. The Morgan fingerprint density at radius 3 is 2.88 bits per heavy atom. The molecular weight excluding hydrogens is 318 g/mol. The number of hydrogen-bond donors (Lipinski definition) is 1. The van der Waals surface area contributed by atoms with Crippen LogP contribution in [0.1, 0.15) is 23.4 Å². The van der Waals surface area contributed by atoms with Crippen molar-refractivity contribution in [3.63, 3.8) is 0 Å². The van der Waals surface area contributed by atoms with Crippen molar-refractivity contribution in [2.45, 2.75) is 33.2 Å². The fraction of sp³-hybridized carbons (Fsp3) is 0.368. The van der Waals surface area contributed by atoms with Crippen LogP contribution in [0.2, 0.25) is 0 Å². The third kappa shape index (κ3) is 3.74. The van der Waals surface area contributed by atoms with E-state index in [1.54, 1.807) is 7.11 Å². The maximum Gasteiger partial charge on any atom is 0.224 e. The van der Waals surface area contributed by atoms with Crippen molar-refractivity contribution in [2.75, 3.05) is 19.0 Å². The molecule has 0 fully saturated rings. The highest BCUT2D eigenvalue weighted by molar-refractivity contribution is 6.01. The highest BCUT2D eigenvalue weighted by Crippen LogP contribution is 2.25. The second kappa shape index (κ2) is 7.53. The number of aryl methyl sites for hydroxylation is 2. The molecule has 2 heterocycles. The van der Waals surface area contributed by atoms with Gasteiger partial charge in [-0.3, -0.25) is 4.79 Å². The molecule has 2 aromatic heterocycles. The Morgan fingerprint density at radius 1 is 1.32 bits per heavy atom. The lowest BCUT2D eigenvalue weighted by Crippen LogP contribution is -2.13. The fourth-order valence-electron chi connectivity index (χ4n) is 3.03. The van der Waals surface area contributed by atoms with Gasteiger partial charge < -0.3 is 19.1 Å². The van der Waals surface area contributed by atoms with Crippen LogP contribution in [0.5, 0.6) is 0 Å². The van der Waals surface area contributed by atoms with Gasteiger partial charge in [-0.05, 0) is 38.5 Å². The predicted octanol–water partition coefficient (Wildman–Crippen LogP) is 3.46. The van der Waals surface area contributed by atoms with Crippen molar-refractivity contribution in [2.24, 2.45) is 0 Å². The van der Waals surface area contributed by atoms with Crippen LogP contribution >= 0.6 is 0 Å². The molecule has 0 atom stereocenters. The van der Waals surface area contributed by atoms with E-state index in [-0.39, 0.29) is 5.91 Å². The highest BCUT2D eigenvalue weighted by Gasteiger charge is 2.13. The van der Waals surface area contributed by atoms with Gasteiger partial charge in [-0.2, -0.15) is 0 Å². The molecule has 3 rings (SSSR count). The van der Waals surface area contributed by atoms with E-state index in [1.807, 2.05) is 44.3 Å². The van der Waals surface area contributed by atoms with Crippen molar-refractivity contribution in [3.05, 3.63) is 47.5 Å². The molecule has 0 spiro atoms. The Labute approximate surface area is 146 Å². The maximum absolute atomic E-state index is 12.4. The second-order valence-electron chi connectivity index (χ2n) is 6.09. The summed E-state index contributed by atoms with van der Waals surface area (Å²) in [6.45, 7) is 5.20. The number of hydrogen-bond acceptors (Lipinski definition) is 4. The van der Waals surface area contributed by atoms with E-state index in [9.17, 15) is 4.79 Å². The molecule has 0 saturated heterocycles. The molecule has 0 saturated carbocycles. The Balaban J connectivity index is 1.70. The zero-order valence-electron chi connectivity index (χ0n) is 14.8. The molecule has 132 valence electrons. The van der Waals surface area contributed by atoms with Gasteiger partial charge in [-0.25, -0.2) is 0 Å².